The van der Waals surface area contributed by atoms with Crippen molar-refractivity contribution in [2.45, 2.75) is 45.5 Å². The maximum Gasteiger partial charge on any atom is 0.252 e. The van der Waals surface area contributed by atoms with E-state index < -0.39 is 5.85 Å². The summed E-state index contributed by atoms with van der Waals surface area (Å²) in [7, 11) is 0. The third-order valence-electron chi connectivity index (χ3n) is 2.54. The van der Waals surface area contributed by atoms with E-state index in [1.54, 1.807) is 0 Å². The predicted octanol–water partition coefficient (Wildman–Crippen LogP) is 1.52. The summed E-state index contributed by atoms with van der Waals surface area (Å²) in [6.45, 7) is 8.77. The molecule has 2 aliphatic rings. The zero-order valence-corrected chi connectivity index (χ0v) is 8.63. The van der Waals surface area contributed by atoms with E-state index in [4.69, 9.17) is 9.57 Å². The zero-order chi connectivity index (χ0) is 9.69. The summed E-state index contributed by atoms with van der Waals surface area (Å²) in [5, 5.41) is 1.87. The van der Waals surface area contributed by atoms with E-state index in [-0.39, 0.29) is 5.54 Å². The van der Waals surface area contributed by atoms with Crippen molar-refractivity contribution in [3.8, 4) is 0 Å². The molecule has 4 nitrogen and oxygen atoms in total. The fourth-order valence-corrected chi connectivity index (χ4v) is 1.88. The van der Waals surface area contributed by atoms with Crippen LogP contribution in [0.4, 0.5) is 0 Å². The van der Waals surface area contributed by atoms with Crippen molar-refractivity contribution in [1.82, 2.24) is 5.06 Å². The summed E-state index contributed by atoms with van der Waals surface area (Å²) < 4.78 is 5.71. The van der Waals surface area contributed by atoms with Crippen LogP contribution in [0.25, 0.3) is 0 Å². The largest absolute Gasteiger partial charge is 0.386 e. The minimum Gasteiger partial charge on any atom is -0.386 e. The molecule has 2 heterocycles. The van der Waals surface area contributed by atoms with Crippen LogP contribution in [0, 0.1) is 0 Å². The summed E-state index contributed by atoms with van der Waals surface area (Å²) in [6, 6.07) is 0. The molecule has 2 aliphatic heterocycles. The van der Waals surface area contributed by atoms with E-state index in [0.29, 0.717) is 12.5 Å². The number of hydroxylamine groups is 2. The first-order valence-electron chi connectivity index (χ1n) is 4.69. The van der Waals surface area contributed by atoms with Gasteiger partial charge < -0.3 is 9.57 Å². The molecule has 0 aromatic rings. The van der Waals surface area contributed by atoms with Crippen molar-refractivity contribution in [3.05, 3.63) is 0 Å². The summed E-state index contributed by atoms with van der Waals surface area (Å²) in [5.41, 5.74) is -0.0860. The van der Waals surface area contributed by atoms with Crippen LogP contribution in [0.3, 0.4) is 0 Å². The van der Waals surface area contributed by atoms with E-state index in [9.17, 15) is 0 Å². The topological polar surface area (TPSA) is 34.1 Å². The molecular formula is C9H16N2O2. The lowest BCUT2D eigenvalue weighted by atomic mass is 10.1. The molecule has 4 heteroatoms. The fraction of sp³-hybridized carbons (Fsp3) is 0.889. The summed E-state index contributed by atoms with van der Waals surface area (Å²) in [5.74, 6) is 0.141. The highest BCUT2D eigenvalue weighted by Gasteiger charge is 2.56. The lowest BCUT2D eigenvalue weighted by Gasteiger charge is -2.30. The van der Waals surface area contributed by atoms with E-state index in [0.717, 1.165) is 6.42 Å². The van der Waals surface area contributed by atoms with Gasteiger partial charge in [0.15, 0.2) is 0 Å². The van der Waals surface area contributed by atoms with E-state index >= 15 is 0 Å². The van der Waals surface area contributed by atoms with E-state index in [1.807, 2.05) is 12.0 Å². The van der Waals surface area contributed by atoms with E-state index in [2.05, 4.69) is 25.8 Å². The Bertz CT molecular complexity index is 262. The maximum absolute atomic E-state index is 5.71. The minimum absolute atomic E-state index is 0.0860. The molecular weight excluding hydrogens is 168 g/mol. The standard InChI is InChI=1S/C9H16N2O2/c1-5-9-10-7(2)13-11(9)8(3,4)6-12-9/h5-6H2,1-4H3. The Balaban J connectivity index is 2.34. The first-order chi connectivity index (χ1) is 6.00. The number of rotatable bonds is 1. The lowest BCUT2D eigenvalue weighted by molar-refractivity contribution is -0.210. The van der Waals surface area contributed by atoms with Crippen molar-refractivity contribution in [2.24, 2.45) is 4.99 Å². The van der Waals surface area contributed by atoms with Crippen LogP contribution < -0.4 is 0 Å². The molecule has 74 valence electrons. The molecule has 0 aliphatic carbocycles. The average molecular weight is 184 g/mol. The predicted molar refractivity (Wildman–Crippen MR) is 49.1 cm³/mol. The van der Waals surface area contributed by atoms with Crippen LogP contribution in [-0.2, 0) is 9.57 Å². The summed E-state index contributed by atoms with van der Waals surface area (Å²) >= 11 is 0. The van der Waals surface area contributed by atoms with Crippen LogP contribution in [0.15, 0.2) is 4.99 Å². The number of fused-ring (bicyclic) bond motifs is 1. The Hall–Kier alpha value is -0.610. The van der Waals surface area contributed by atoms with Crippen LogP contribution in [0.5, 0.6) is 0 Å². The third kappa shape index (κ3) is 1.09. The molecule has 0 aromatic carbocycles. The molecule has 1 saturated heterocycles. The van der Waals surface area contributed by atoms with Gasteiger partial charge in [-0.3, -0.25) is 0 Å². The molecule has 0 saturated carbocycles. The third-order valence-corrected chi connectivity index (χ3v) is 2.54. The molecule has 0 amide bonds. The normalized spacial score (nSPS) is 37.1. The molecule has 0 aromatic heterocycles. The van der Waals surface area contributed by atoms with E-state index in [1.165, 1.54) is 0 Å². The van der Waals surface area contributed by atoms with Gasteiger partial charge in [0.1, 0.15) is 0 Å². The van der Waals surface area contributed by atoms with Gasteiger partial charge in [-0.05, 0) is 13.8 Å². The van der Waals surface area contributed by atoms with Gasteiger partial charge in [0.25, 0.3) is 5.85 Å². The SMILES string of the molecule is CCC12N=C(C)ON1C(C)(C)CO2. The number of hydrogen-bond donors (Lipinski definition) is 0. The van der Waals surface area contributed by atoms with Crippen molar-refractivity contribution >= 4 is 5.90 Å². The highest BCUT2D eigenvalue weighted by Crippen LogP contribution is 2.41. The van der Waals surface area contributed by atoms with Crippen LogP contribution in [0.2, 0.25) is 0 Å². The number of hydrogen-bond acceptors (Lipinski definition) is 4. The van der Waals surface area contributed by atoms with Crippen molar-refractivity contribution in [1.29, 1.82) is 0 Å². The van der Waals surface area contributed by atoms with Crippen molar-refractivity contribution in [2.75, 3.05) is 6.61 Å². The van der Waals surface area contributed by atoms with Gasteiger partial charge in [0.05, 0.1) is 12.1 Å². The number of ether oxygens (including phenoxy) is 1. The minimum atomic E-state index is -0.548. The first kappa shape index (κ1) is 8.97. The van der Waals surface area contributed by atoms with Gasteiger partial charge in [-0.15, -0.1) is 0 Å². The van der Waals surface area contributed by atoms with Gasteiger partial charge in [0.2, 0.25) is 5.90 Å². The van der Waals surface area contributed by atoms with Gasteiger partial charge >= 0.3 is 0 Å². The highest BCUT2D eigenvalue weighted by atomic mass is 16.8. The highest BCUT2D eigenvalue weighted by molar-refractivity contribution is 5.74. The van der Waals surface area contributed by atoms with Gasteiger partial charge in [-0.1, -0.05) is 12.0 Å². The van der Waals surface area contributed by atoms with Crippen LogP contribution in [-0.4, -0.2) is 29.0 Å². The molecule has 0 spiro atoms. The summed E-state index contributed by atoms with van der Waals surface area (Å²) in [4.78, 5) is 9.95. The van der Waals surface area contributed by atoms with Crippen LogP contribution >= 0.6 is 0 Å². The second-order valence-corrected chi connectivity index (χ2v) is 4.21. The Morgan fingerprint density at radius 2 is 2.23 bits per heavy atom. The van der Waals surface area contributed by atoms with Gasteiger partial charge in [0, 0.05) is 13.3 Å². The Kier molecular flexibility index (Phi) is 1.69. The number of aliphatic imine (C=N–C) groups is 1. The Labute approximate surface area is 78.5 Å². The van der Waals surface area contributed by atoms with Gasteiger partial charge in [-0.2, -0.15) is 0 Å². The second-order valence-electron chi connectivity index (χ2n) is 4.21. The van der Waals surface area contributed by atoms with Crippen molar-refractivity contribution < 1.29 is 9.57 Å². The second kappa shape index (κ2) is 2.45. The number of nitrogens with zero attached hydrogens (tertiary/aromatic N) is 2. The van der Waals surface area contributed by atoms with Crippen molar-refractivity contribution in [3.63, 3.8) is 0 Å². The zero-order valence-electron chi connectivity index (χ0n) is 8.63. The van der Waals surface area contributed by atoms with Gasteiger partial charge in [-0.25, -0.2) is 4.99 Å². The molecule has 0 radical (unpaired) electrons. The fourth-order valence-electron chi connectivity index (χ4n) is 1.88. The molecule has 0 bridgehead atoms. The molecule has 13 heavy (non-hydrogen) atoms. The first-order valence-corrected chi connectivity index (χ1v) is 4.69. The molecule has 2 rings (SSSR count). The Morgan fingerprint density at radius 3 is 2.77 bits per heavy atom. The molecule has 1 unspecified atom stereocenters. The quantitative estimate of drug-likeness (QED) is 0.619. The lowest BCUT2D eigenvalue weighted by Crippen LogP contribution is -2.47. The molecule has 0 N–H and O–H groups in total. The maximum atomic E-state index is 5.71. The molecule has 1 fully saturated rings. The smallest absolute Gasteiger partial charge is 0.252 e. The molecule has 1 atom stereocenters. The monoisotopic (exact) mass is 184 g/mol. The van der Waals surface area contributed by atoms with Crippen LogP contribution in [0.1, 0.15) is 34.1 Å². The summed E-state index contributed by atoms with van der Waals surface area (Å²) in [6.07, 6.45) is 0.813. The Morgan fingerprint density at radius 1 is 1.54 bits per heavy atom. The average Bonchev–Trinajstić information content (AvgIpc) is 2.50.